The number of anilines is 1. The Hall–Kier alpha value is -1.45. The minimum Gasteiger partial charge on any atom is -0.381 e. The molecule has 2 saturated heterocycles. The quantitative estimate of drug-likeness (QED) is 0.839. The van der Waals surface area contributed by atoms with E-state index in [1.165, 1.54) is 0 Å². The minimum absolute atomic E-state index is 0.208. The molecule has 1 atom stereocenters. The van der Waals surface area contributed by atoms with Gasteiger partial charge < -0.3 is 4.74 Å². The summed E-state index contributed by atoms with van der Waals surface area (Å²) in [6.07, 6.45) is 2.22. The highest BCUT2D eigenvalue weighted by molar-refractivity contribution is 7.90. The maximum atomic E-state index is 12.8. The highest BCUT2D eigenvalue weighted by atomic mass is 32.2. The molecule has 0 bridgehead atoms. The first-order chi connectivity index (χ1) is 11.4. The van der Waals surface area contributed by atoms with Crippen molar-refractivity contribution in [1.29, 1.82) is 0 Å². The van der Waals surface area contributed by atoms with Crippen LogP contribution < -0.4 is 9.62 Å². The fourth-order valence-corrected chi connectivity index (χ4v) is 4.96. The summed E-state index contributed by atoms with van der Waals surface area (Å²) >= 11 is 0. The van der Waals surface area contributed by atoms with Crippen LogP contribution in [-0.4, -0.2) is 55.2 Å². The van der Waals surface area contributed by atoms with E-state index in [2.05, 4.69) is 9.82 Å². The molecule has 1 aromatic rings. The molecule has 0 spiro atoms. The molecule has 0 saturated carbocycles. The summed E-state index contributed by atoms with van der Waals surface area (Å²) in [5, 5.41) is 3.79. The Labute approximate surface area is 142 Å². The number of piperidine rings is 1. The monoisotopic (exact) mass is 356 g/mol. The smallest absolute Gasteiger partial charge is 0.246 e. The number of sulfonamides is 1. The summed E-state index contributed by atoms with van der Waals surface area (Å²) < 4.78 is 34.6. The fourth-order valence-electron chi connectivity index (χ4n) is 3.34. The van der Waals surface area contributed by atoms with Gasteiger partial charge in [0.1, 0.15) is 11.9 Å². The molecule has 3 heterocycles. The van der Waals surface area contributed by atoms with Crippen molar-refractivity contribution in [2.45, 2.75) is 43.9 Å². The summed E-state index contributed by atoms with van der Waals surface area (Å²) in [5.74, 6) is 0.493. The van der Waals surface area contributed by atoms with E-state index in [1.807, 2.05) is 13.0 Å². The number of carbonyl (C=O) groups is 1. The van der Waals surface area contributed by atoms with Crippen molar-refractivity contribution in [3.63, 3.8) is 0 Å². The highest BCUT2D eigenvalue weighted by Crippen LogP contribution is 2.23. The summed E-state index contributed by atoms with van der Waals surface area (Å²) in [6.45, 7) is 3.34. The van der Waals surface area contributed by atoms with Gasteiger partial charge in [-0.1, -0.05) is 0 Å². The van der Waals surface area contributed by atoms with E-state index in [4.69, 9.17) is 4.74 Å². The molecule has 24 heavy (non-hydrogen) atoms. The Morgan fingerprint density at radius 3 is 2.62 bits per heavy atom. The lowest BCUT2D eigenvalue weighted by molar-refractivity contribution is -0.121. The summed E-state index contributed by atoms with van der Waals surface area (Å²) in [4.78, 5) is 14.4. The van der Waals surface area contributed by atoms with Crippen LogP contribution in [0.4, 0.5) is 5.82 Å². The molecule has 0 aliphatic carbocycles. The molecule has 2 fully saturated rings. The number of nitrogens with one attached hydrogen (secondary N) is 1. The van der Waals surface area contributed by atoms with Crippen LogP contribution in [0.3, 0.4) is 0 Å². The van der Waals surface area contributed by atoms with Crippen molar-refractivity contribution in [2.24, 2.45) is 7.05 Å². The molecule has 134 valence electrons. The summed E-state index contributed by atoms with van der Waals surface area (Å²) in [6, 6.07) is 1.13. The number of aryl methyl sites for hydroxylation is 2. The normalized spacial score (nSPS) is 23.7. The number of amides is 1. The third-order valence-corrected chi connectivity index (χ3v) is 6.57. The standard InChI is InChI=1S/C15H24N4O4S/c1-11-10-14(18(2)16-11)19-7-3-4-13(15(19)20)17-24(21,22)12-5-8-23-9-6-12/h10,12-13,17H,3-9H2,1-2H3/t13-/m0/s1. The third kappa shape index (κ3) is 3.47. The maximum absolute atomic E-state index is 12.8. The molecule has 1 amide bonds. The Morgan fingerprint density at radius 1 is 1.29 bits per heavy atom. The molecule has 2 aliphatic heterocycles. The van der Waals surface area contributed by atoms with Gasteiger partial charge >= 0.3 is 0 Å². The van der Waals surface area contributed by atoms with Gasteiger partial charge in [-0.05, 0) is 32.6 Å². The Morgan fingerprint density at radius 2 is 2.00 bits per heavy atom. The van der Waals surface area contributed by atoms with E-state index in [1.54, 1.807) is 16.6 Å². The average molecular weight is 356 g/mol. The predicted octanol–water partition coefficient (Wildman–Crippen LogP) is 0.322. The van der Waals surface area contributed by atoms with Gasteiger partial charge in [0.2, 0.25) is 15.9 Å². The van der Waals surface area contributed by atoms with Gasteiger partial charge in [-0.25, -0.2) is 13.1 Å². The van der Waals surface area contributed by atoms with E-state index in [-0.39, 0.29) is 5.91 Å². The van der Waals surface area contributed by atoms with E-state index in [0.717, 1.165) is 12.1 Å². The van der Waals surface area contributed by atoms with E-state index in [0.29, 0.717) is 44.8 Å². The molecule has 3 rings (SSSR count). The van der Waals surface area contributed by atoms with Crippen LogP contribution >= 0.6 is 0 Å². The van der Waals surface area contributed by atoms with Crippen LogP contribution in [-0.2, 0) is 26.6 Å². The highest BCUT2D eigenvalue weighted by Gasteiger charge is 2.36. The second-order valence-electron chi connectivity index (χ2n) is 6.43. The first kappa shape index (κ1) is 17.4. The summed E-state index contributed by atoms with van der Waals surface area (Å²) in [7, 11) is -1.74. The lowest BCUT2D eigenvalue weighted by atomic mass is 10.1. The molecule has 9 heteroatoms. The lowest BCUT2D eigenvalue weighted by Gasteiger charge is -2.33. The molecule has 8 nitrogen and oxygen atoms in total. The van der Waals surface area contributed by atoms with Crippen molar-refractivity contribution < 1.29 is 17.9 Å². The van der Waals surface area contributed by atoms with Crippen molar-refractivity contribution in [3.05, 3.63) is 11.8 Å². The maximum Gasteiger partial charge on any atom is 0.246 e. The van der Waals surface area contributed by atoms with Crippen molar-refractivity contribution in [3.8, 4) is 0 Å². The molecule has 2 aliphatic rings. The van der Waals surface area contributed by atoms with Crippen LogP contribution in [0.25, 0.3) is 0 Å². The molecular weight excluding hydrogens is 332 g/mol. The van der Waals surface area contributed by atoms with Crippen LogP contribution in [0.5, 0.6) is 0 Å². The molecule has 1 aromatic heterocycles. The number of aromatic nitrogens is 2. The molecular formula is C15H24N4O4S. The van der Waals surface area contributed by atoms with Gasteiger partial charge in [0.25, 0.3) is 0 Å². The fraction of sp³-hybridized carbons (Fsp3) is 0.733. The van der Waals surface area contributed by atoms with Gasteiger partial charge in [0.15, 0.2) is 0 Å². The molecule has 0 unspecified atom stereocenters. The van der Waals surface area contributed by atoms with Crippen molar-refractivity contribution in [1.82, 2.24) is 14.5 Å². The number of nitrogens with zero attached hydrogens (tertiary/aromatic N) is 3. The zero-order valence-corrected chi connectivity index (χ0v) is 14.9. The zero-order chi connectivity index (χ0) is 17.3. The first-order valence-electron chi connectivity index (χ1n) is 8.29. The van der Waals surface area contributed by atoms with Crippen molar-refractivity contribution >= 4 is 21.7 Å². The minimum atomic E-state index is -3.53. The van der Waals surface area contributed by atoms with Gasteiger partial charge in [0, 0.05) is 32.9 Å². The van der Waals surface area contributed by atoms with E-state index in [9.17, 15) is 13.2 Å². The van der Waals surface area contributed by atoms with Crippen LogP contribution in [0.1, 0.15) is 31.4 Å². The molecule has 1 N–H and O–H groups in total. The summed E-state index contributed by atoms with van der Waals surface area (Å²) in [5.41, 5.74) is 0.824. The van der Waals surface area contributed by atoms with E-state index < -0.39 is 21.3 Å². The Bertz CT molecular complexity index is 709. The second-order valence-corrected chi connectivity index (χ2v) is 8.42. The van der Waals surface area contributed by atoms with Crippen molar-refractivity contribution in [2.75, 3.05) is 24.7 Å². The number of rotatable bonds is 4. The predicted molar refractivity (Wildman–Crippen MR) is 89.2 cm³/mol. The van der Waals surface area contributed by atoms with Gasteiger partial charge in [0.05, 0.1) is 10.9 Å². The Kier molecular flexibility index (Phi) is 4.93. The number of hydrogen-bond acceptors (Lipinski definition) is 5. The van der Waals surface area contributed by atoms with Crippen LogP contribution in [0.15, 0.2) is 6.07 Å². The average Bonchev–Trinajstić information content (AvgIpc) is 2.88. The van der Waals surface area contributed by atoms with E-state index >= 15 is 0 Å². The SMILES string of the molecule is Cc1cc(N2CCC[C@H](NS(=O)(=O)C3CCOCC3)C2=O)n(C)n1. The molecule has 0 radical (unpaired) electrons. The number of carbonyl (C=O) groups excluding carboxylic acids is 1. The number of ether oxygens (including phenoxy) is 1. The largest absolute Gasteiger partial charge is 0.381 e. The van der Waals surface area contributed by atoms with Crippen LogP contribution in [0, 0.1) is 6.92 Å². The molecule has 0 aromatic carbocycles. The van der Waals surface area contributed by atoms with Crippen LogP contribution in [0.2, 0.25) is 0 Å². The Balaban J connectivity index is 1.74. The van der Waals surface area contributed by atoms with Gasteiger partial charge in [-0.2, -0.15) is 5.10 Å². The van der Waals surface area contributed by atoms with Gasteiger partial charge in [-0.15, -0.1) is 0 Å². The topological polar surface area (TPSA) is 93.5 Å². The zero-order valence-electron chi connectivity index (χ0n) is 14.1. The van der Waals surface area contributed by atoms with Gasteiger partial charge in [-0.3, -0.25) is 14.4 Å². The lowest BCUT2D eigenvalue weighted by Crippen LogP contribution is -2.54. The number of hydrogen-bond donors (Lipinski definition) is 1. The first-order valence-corrected chi connectivity index (χ1v) is 9.84. The second kappa shape index (κ2) is 6.81. The third-order valence-electron chi connectivity index (χ3n) is 4.61.